The van der Waals surface area contributed by atoms with Crippen molar-refractivity contribution in [2.75, 3.05) is 0 Å². The molecule has 0 atom stereocenters. The average molecular weight is 166 g/mol. The lowest BCUT2D eigenvalue weighted by Gasteiger charge is -2.03. The Hall–Kier alpha value is -1.25. The van der Waals surface area contributed by atoms with Crippen molar-refractivity contribution in [1.29, 1.82) is 5.41 Å². The summed E-state index contributed by atoms with van der Waals surface area (Å²) in [6.45, 7) is 4.24. The van der Waals surface area contributed by atoms with E-state index in [9.17, 15) is 0 Å². The molecule has 3 N–H and O–H groups in total. The minimum atomic E-state index is 0.00986. The number of hydrogen-bond donors (Lipinski definition) is 2. The fraction of sp³-hybridized carbons (Fsp3) is 0.444. The van der Waals surface area contributed by atoms with E-state index >= 15 is 0 Å². The van der Waals surface area contributed by atoms with Gasteiger partial charge in [0.15, 0.2) is 11.6 Å². The highest BCUT2D eigenvalue weighted by atomic mass is 16.3. The molecule has 0 aliphatic rings. The van der Waals surface area contributed by atoms with Gasteiger partial charge in [-0.3, -0.25) is 5.41 Å². The summed E-state index contributed by atoms with van der Waals surface area (Å²) in [6.07, 6.45) is 2.49. The normalized spacial score (nSPS) is 10.6. The molecule has 66 valence electrons. The summed E-state index contributed by atoms with van der Waals surface area (Å²) in [7, 11) is 0. The largest absolute Gasteiger partial charge is 0.461 e. The summed E-state index contributed by atoms with van der Waals surface area (Å²) in [5, 5.41) is 7.22. The average Bonchev–Trinajstić information content (AvgIpc) is 2.33. The third-order valence-electron chi connectivity index (χ3n) is 1.62. The van der Waals surface area contributed by atoms with Gasteiger partial charge in [-0.05, 0) is 18.4 Å². The molecule has 1 aromatic rings. The Morgan fingerprint density at radius 2 is 2.33 bits per heavy atom. The Morgan fingerprint density at radius 3 is 2.83 bits per heavy atom. The molecule has 0 amide bonds. The van der Waals surface area contributed by atoms with Gasteiger partial charge in [-0.15, -0.1) is 0 Å². The maximum Gasteiger partial charge on any atom is 0.171 e. The minimum Gasteiger partial charge on any atom is -0.461 e. The van der Waals surface area contributed by atoms with E-state index in [1.54, 1.807) is 6.26 Å². The van der Waals surface area contributed by atoms with Gasteiger partial charge in [0.2, 0.25) is 0 Å². The molecule has 3 heteroatoms. The van der Waals surface area contributed by atoms with Crippen LogP contribution in [0.1, 0.15) is 25.2 Å². The fourth-order valence-electron chi connectivity index (χ4n) is 1.17. The van der Waals surface area contributed by atoms with Crippen LogP contribution in [-0.4, -0.2) is 5.84 Å². The number of amidine groups is 1. The van der Waals surface area contributed by atoms with Crippen LogP contribution >= 0.6 is 0 Å². The van der Waals surface area contributed by atoms with Crippen LogP contribution in [-0.2, 0) is 6.42 Å². The number of nitrogen functional groups attached to an aromatic ring is 1. The molecule has 12 heavy (non-hydrogen) atoms. The fourth-order valence-corrected chi connectivity index (χ4v) is 1.17. The number of nitrogens with one attached hydrogen (secondary N) is 1. The second-order valence-electron chi connectivity index (χ2n) is 3.29. The van der Waals surface area contributed by atoms with Gasteiger partial charge in [-0.25, -0.2) is 0 Å². The molecule has 0 bridgehead atoms. The highest BCUT2D eigenvalue weighted by Crippen LogP contribution is 2.14. The zero-order valence-electron chi connectivity index (χ0n) is 7.42. The van der Waals surface area contributed by atoms with Gasteiger partial charge in [-0.2, -0.15) is 0 Å². The third-order valence-corrected chi connectivity index (χ3v) is 1.62. The molecule has 0 aliphatic heterocycles. The smallest absolute Gasteiger partial charge is 0.171 e. The van der Waals surface area contributed by atoms with Crippen LogP contribution in [0, 0.1) is 11.3 Å². The van der Waals surface area contributed by atoms with Gasteiger partial charge in [0, 0.05) is 5.56 Å². The summed E-state index contributed by atoms with van der Waals surface area (Å²) in [5.41, 5.74) is 6.35. The Balaban J connectivity index is 2.84. The molecule has 0 unspecified atom stereocenters. The molecule has 3 nitrogen and oxygen atoms in total. The number of nitrogens with two attached hydrogens (primary N) is 1. The van der Waals surface area contributed by atoms with Gasteiger partial charge in [0.25, 0.3) is 0 Å². The SMILES string of the molecule is CC(C)Cc1ccoc1C(=N)N. The van der Waals surface area contributed by atoms with E-state index in [1.807, 2.05) is 6.07 Å². The van der Waals surface area contributed by atoms with Crippen LogP contribution in [0.15, 0.2) is 16.7 Å². The summed E-state index contributed by atoms with van der Waals surface area (Å²) in [4.78, 5) is 0. The first-order valence-corrected chi connectivity index (χ1v) is 4.02. The number of furan rings is 1. The first-order chi connectivity index (χ1) is 5.61. The van der Waals surface area contributed by atoms with E-state index in [2.05, 4.69) is 13.8 Å². The molecule has 0 saturated carbocycles. The molecular weight excluding hydrogens is 152 g/mol. The third kappa shape index (κ3) is 1.87. The van der Waals surface area contributed by atoms with Gasteiger partial charge in [0.05, 0.1) is 6.26 Å². The van der Waals surface area contributed by atoms with E-state index in [0.717, 1.165) is 12.0 Å². The summed E-state index contributed by atoms with van der Waals surface area (Å²) in [6, 6.07) is 1.87. The van der Waals surface area contributed by atoms with Crippen molar-refractivity contribution in [3.8, 4) is 0 Å². The van der Waals surface area contributed by atoms with Crippen LogP contribution in [0.4, 0.5) is 0 Å². The Bertz CT molecular complexity index is 276. The molecule has 1 aromatic heterocycles. The minimum absolute atomic E-state index is 0.00986. The quantitative estimate of drug-likeness (QED) is 0.531. The molecule has 0 spiro atoms. The zero-order chi connectivity index (χ0) is 9.14. The van der Waals surface area contributed by atoms with Crippen LogP contribution in [0.3, 0.4) is 0 Å². The Morgan fingerprint density at radius 1 is 1.67 bits per heavy atom. The van der Waals surface area contributed by atoms with Crippen LogP contribution in [0.2, 0.25) is 0 Å². The van der Waals surface area contributed by atoms with Gasteiger partial charge < -0.3 is 10.2 Å². The predicted octanol–water partition coefficient (Wildman–Crippen LogP) is 1.76. The predicted molar refractivity (Wildman–Crippen MR) is 48.3 cm³/mol. The van der Waals surface area contributed by atoms with Crippen molar-refractivity contribution < 1.29 is 4.42 Å². The highest BCUT2D eigenvalue weighted by molar-refractivity contribution is 5.93. The van der Waals surface area contributed by atoms with E-state index in [0.29, 0.717) is 11.7 Å². The summed E-state index contributed by atoms with van der Waals surface area (Å²) in [5.74, 6) is 1.08. The van der Waals surface area contributed by atoms with Crippen LogP contribution in [0.5, 0.6) is 0 Å². The first kappa shape index (κ1) is 8.84. The maximum absolute atomic E-state index is 7.22. The molecule has 1 heterocycles. The number of hydrogen-bond acceptors (Lipinski definition) is 2. The number of rotatable bonds is 3. The summed E-state index contributed by atoms with van der Waals surface area (Å²) < 4.78 is 5.08. The zero-order valence-corrected chi connectivity index (χ0v) is 7.42. The molecular formula is C9H14N2O. The van der Waals surface area contributed by atoms with Crippen molar-refractivity contribution >= 4 is 5.84 Å². The van der Waals surface area contributed by atoms with Crippen molar-refractivity contribution in [3.63, 3.8) is 0 Å². The monoisotopic (exact) mass is 166 g/mol. The van der Waals surface area contributed by atoms with Crippen molar-refractivity contribution in [1.82, 2.24) is 0 Å². The Kier molecular flexibility index (Phi) is 2.53. The second-order valence-corrected chi connectivity index (χ2v) is 3.29. The Labute approximate surface area is 72.1 Å². The van der Waals surface area contributed by atoms with Gasteiger partial charge in [-0.1, -0.05) is 13.8 Å². The lowest BCUT2D eigenvalue weighted by Crippen LogP contribution is -2.12. The topological polar surface area (TPSA) is 63.0 Å². The van der Waals surface area contributed by atoms with Gasteiger partial charge in [0.1, 0.15) is 0 Å². The molecule has 1 rings (SSSR count). The van der Waals surface area contributed by atoms with Crippen molar-refractivity contribution in [2.45, 2.75) is 20.3 Å². The van der Waals surface area contributed by atoms with Crippen molar-refractivity contribution in [3.05, 3.63) is 23.7 Å². The van der Waals surface area contributed by atoms with Crippen LogP contribution < -0.4 is 5.73 Å². The molecule has 0 aliphatic carbocycles. The highest BCUT2D eigenvalue weighted by Gasteiger charge is 2.09. The maximum atomic E-state index is 7.22. The van der Waals surface area contributed by atoms with Gasteiger partial charge >= 0.3 is 0 Å². The molecule has 0 aromatic carbocycles. The molecule has 0 saturated heterocycles. The summed E-state index contributed by atoms with van der Waals surface area (Å²) >= 11 is 0. The van der Waals surface area contributed by atoms with E-state index < -0.39 is 0 Å². The van der Waals surface area contributed by atoms with Crippen molar-refractivity contribution in [2.24, 2.45) is 11.7 Å². The van der Waals surface area contributed by atoms with Crippen LogP contribution in [0.25, 0.3) is 0 Å². The van der Waals surface area contributed by atoms with E-state index in [1.165, 1.54) is 0 Å². The lowest BCUT2D eigenvalue weighted by atomic mass is 10.0. The molecule has 0 fully saturated rings. The lowest BCUT2D eigenvalue weighted by molar-refractivity contribution is 0.546. The first-order valence-electron chi connectivity index (χ1n) is 4.02. The van der Waals surface area contributed by atoms with E-state index in [-0.39, 0.29) is 5.84 Å². The standard InChI is InChI=1S/C9H14N2O/c1-6(2)5-7-3-4-12-8(7)9(10)11/h3-4,6H,5H2,1-2H3,(H3,10,11). The molecule has 0 radical (unpaired) electrons. The second kappa shape index (κ2) is 3.43. The van der Waals surface area contributed by atoms with E-state index in [4.69, 9.17) is 15.6 Å².